The standard InChI is InChI=1S/C15H17N11OS/c16-23-18-6-14-21-13(7-28-14)12-2-5-26(22-12)10-15(11-27,8-19-24-17)9-25-4-1-3-20-25/h1-5,7,27H,6,8-11H2. The SMILES string of the molecule is [N-]=[N+]=NCc1nc(-c2ccn(CC(CO)(CN=[N+]=[N-])Cn3cccn3)n2)cs1. The Bertz CT molecular complexity index is 997. The molecule has 0 radical (unpaired) electrons. The molecule has 3 rings (SSSR count). The molecule has 13 heteroatoms. The van der Waals surface area contributed by atoms with Gasteiger partial charge in [0.25, 0.3) is 0 Å². The molecule has 0 bridgehead atoms. The Balaban J connectivity index is 1.80. The Morgan fingerprint density at radius 2 is 1.96 bits per heavy atom. The molecule has 0 saturated carbocycles. The lowest BCUT2D eigenvalue weighted by Gasteiger charge is -2.30. The minimum atomic E-state index is -0.754. The molecular formula is C15H17N11OS. The number of nitrogens with zero attached hydrogens (tertiary/aromatic N) is 11. The van der Waals surface area contributed by atoms with Gasteiger partial charge in [-0.05, 0) is 23.2 Å². The fourth-order valence-corrected chi connectivity index (χ4v) is 3.45. The first-order valence-corrected chi connectivity index (χ1v) is 9.14. The molecule has 3 heterocycles. The highest BCUT2D eigenvalue weighted by atomic mass is 32.1. The van der Waals surface area contributed by atoms with Crippen LogP contribution in [0, 0.1) is 5.41 Å². The highest BCUT2D eigenvalue weighted by molar-refractivity contribution is 7.09. The van der Waals surface area contributed by atoms with Gasteiger partial charge in [-0.1, -0.05) is 10.2 Å². The molecule has 0 aromatic carbocycles. The first-order valence-electron chi connectivity index (χ1n) is 8.26. The van der Waals surface area contributed by atoms with Gasteiger partial charge in [0.2, 0.25) is 0 Å². The molecule has 0 aliphatic rings. The zero-order chi connectivity index (χ0) is 19.8. The van der Waals surface area contributed by atoms with Gasteiger partial charge in [0.05, 0.1) is 31.2 Å². The predicted molar refractivity (Wildman–Crippen MR) is 102 cm³/mol. The lowest BCUT2D eigenvalue weighted by atomic mass is 9.89. The zero-order valence-corrected chi connectivity index (χ0v) is 15.6. The highest BCUT2D eigenvalue weighted by Gasteiger charge is 2.31. The molecule has 1 N–H and O–H groups in total. The first-order chi connectivity index (χ1) is 13.7. The van der Waals surface area contributed by atoms with Crippen LogP contribution >= 0.6 is 11.3 Å². The predicted octanol–water partition coefficient (Wildman–Crippen LogP) is 3.00. The van der Waals surface area contributed by atoms with E-state index < -0.39 is 5.41 Å². The maximum Gasteiger partial charge on any atom is 0.112 e. The maximum absolute atomic E-state index is 10.1. The van der Waals surface area contributed by atoms with Gasteiger partial charge in [0, 0.05) is 45.8 Å². The highest BCUT2D eigenvalue weighted by Crippen LogP contribution is 2.25. The van der Waals surface area contributed by atoms with Crippen LogP contribution in [0.4, 0.5) is 0 Å². The quantitative estimate of drug-likeness (QED) is 0.314. The topological polar surface area (TPSA) is 166 Å². The van der Waals surface area contributed by atoms with Crippen LogP contribution < -0.4 is 0 Å². The number of azide groups is 2. The van der Waals surface area contributed by atoms with Crippen LogP contribution in [0.1, 0.15) is 5.01 Å². The van der Waals surface area contributed by atoms with E-state index in [4.69, 9.17) is 11.1 Å². The molecule has 3 aromatic rings. The Morgan fingerprint density at radius 1 is 1.14 bits per heavy atom. The van der Waals surface area contributed by atoms with E-state index in [-0.39, 0.29) is 19.7 Å². The number of hydrogen-bond donors (Lipinski definition) is 1. The fourth-order valence-electron chi connectivity index (χ4n) is 2.74. The molecule has 144 valence electrons. The second kappa shape index (κ2) is 9.02. The Kier molecular flexibility index (Phi) is 6.25. The van der Waals surface area contributed by atoms with E-state index in [1.165, 1.54) is 11.3 Å². The molecule has 1 unspecified atom stereocenters. The largest absolute Gasteiger partial charge is 0.396 e. The number of hydrogen-bond acceptors (Lipinski definition) is 7. The van der Waals surface area contributed by atoms with Crippen molar-refractivity contribution < 1.29 is 5.11 Å². The van der Waals surface area contributed by atoms with Gasteiger partial charge in [0.1, 0.15) is 11.4 Å². The van der Waals surface area contributed by atoms with E-state index in [1.54, 1.807) is 34.0 Å². The molecule has 1 atom stereocenters. The van der Waals surface area contributed by atoms with E-state index in [0.717, 1.165) is 0 Å². The zero-order valence-electron chi connectivity index (χ0n) is 14.8. The van der Waals surface area contributed by atoms with Gasteiger partial charge in [-0.3, -0.25) is 9.36 Å². The van der Waals surface area contributed by atoms with Gasteiger partial charge in [0.15, 0.2) is 0 Å². The fraction of sp³-hybridized carbons (Fsp3) is 0.400. The average molecular weight is 399 g/mol. The van der Waals surface area contributed by atoms with Crippen LogP contribution in [0.3, 0.4) is 0 Å². The van der Waals surface area contributed by atoms with E-state index in [2.05, 4.69) is 35.2 Å². The third-order valence-electron chi connectivity index (χ3n) is 4.08. The van der Waals surface area contributed by atoms with E-state index in [9.17, 15) is 5.11 Å². The molecule has 0 fully saturated rings. The molecule has 0 spiro atoms. The molecule has 0 aliphatic heterocycles. The van der Waals surface area contributed by atoms with Crippen molar-refractivity contribution in [3.63, 3.8) is 0 Å². The summed E-state index contributed by atoms with van der Waals surface area (Å²) < 4.78 is 3.38. The maximum atomic E-state index is 10.1. The summed E-state index contributed by atoms with van der Waals surface area (Å²) in [5.41, 5.74) is 17.7. The van der Waals surface area contributed by atoms with Crippen LogP contribution in [0.5, 0.6) is 0 Å². The van der Waals surface area contributed by atoms with Crippen LogP contribution in [0.15, 0.2) is 46.3 Å². The monoisotopic (exact) mass is 399 g/mol. The summed E-state index contributed by atoms with van der Waals surface area (Å²) in [6.45, 7) is 0.803. The lowest BCUT2D eigenvalue weighted by Crippen LogP contribution is -2.38. The average Bonchev–Trinajstić information content (AvgIpc) is 3.46. The summed E-state index contributed by atoms with van der Waals surface area (Å²) in [7, 11) is 0. The smallest absolute Gasteiger partial charge is 0.112 e. The number of aliphatic hydroxyl groups excluding tert-OH is 1. The minimum absolute atomic E-state index is 0.0993. The molecule has 0 amide bonds. The minimum Gasteiger partial charge on any atom is -0.396 e. The van der Waals surface area contributed by atoms with Crippen molar-refractivity contribution >= 4 is 11.3 Å². The second-order valence-electron chi connectivity index (χ2n) is 6.16. The third kappa shape index (κ3) is 4.67. The van der Waals surface area contributed by atoms with Crippen molar-refractivity contribution in [3.05, 3.63) is 62.0 Å². The number of rotatable bonds is 10. The molecule has 0 saturated heterocycles. The Morgan fingerprint density at radius 3 is 2.68 bits per heavy atom. The van der Waals surface area contributed by atoms with Crippen molar-refractivity contribution in [2.45, 2.75) is 19.6 Å². The summed E-state index contributed by atoms with van der Waals surface area (Å²) in [6, 6.07) is 3.61. The van der Waals surface area contributed by atoms with Crippen molar-refractivity contribution in [3.8, 4) is 11.4 Å². The summed E-state index contributed by atoms with van der Waals surface area (Å²) in [5, 5.41) is 28.5. The third-order valence-corrected chi connectivity index (χ3v) is 4.92. The summed E-state index contributed by atoms with van der Waals surface area (Å²) in [6.07, 6.45) is 5.22. The lowest BCUT2D eigenvalue weighted by molar-refractivity contribution is 0.0859. The van der Waals surface area contributed by atoms with Crippen molar-refractivity contribution in [2.24, 2.45) is 15.6 Å². The summed E-state index contributed by atoms with van der Waals surface area (Å²) >= 11 is 1.39. The van der Waals surface area contributed by atoms with E-state index >= 15 is 0 Å². The summed E-state index contributed by atoms with van der Waals surface area (Å²) in [5.74, 6) is 0. The molecule has 12 nitrogen and oxygen atoms in total. The second-order valence-corrected chi connectivity index (χ2v) is 7.11. The Hall–Kier alpha value is -3.37. The molecule has 28 heavy (non-hydrogen) atoms. The van der Waals surface area contributed by atoms with Crippen LogP contribution in [-0.4, -0.2) is 42.8 Å². The van der Waals surface area contributed by atoms with Gasteiger partial charge < -0.3 is 5.11 Å². The first kappa shape index (κ1) is 19.4. The molecule has 3 aromatic heterocycles. The number of aromatic nitrogens is 5. The van der Waals surface area contributed by atoms with Crippen LogP contribution in [0.25, 0.3) is 32.3 Å². The number of thiazole rings is 1. The van der Waals surface area contributed by atoms with Crippen molar-refractivity contribution in [1.82, 2.24) is 24.5 Å². The van der Waals surface area contributed by atoms with E-state index in [1.807, 2.05) is 11.4 Å². The molecule has 0 aliphatic carbocycles. The van der Waals surface area contributed by atoms with Crippen molar-refractivity contribution in [2.75, 3.05) is 13.2 Å². The van der Waals surface area contributed by atoms with Crippen LogP contribution in [0.2, 0.25) is 0 Å². The normalized spacial score (nSPS) is 12.8. The van der Waals surface area contributed by atoms with Gasteiger partial charge >= 0.3 is 0 Å². The van der Waals surface area contributed by atoms with E-state index in [0.29, 0.717) is 29.5 Å². The van der Waals surface area contributed by atoms with Gasteiger partial charge in [-0.25, -0.2) is 4.98 Å². The Labute approximate surface area is 163 Å². The summed E-state index contributed by atoms with van der Waals surface area (Å²) in [4.78, 5) is 9.97. The van der Waals surface area contributed by atoms with Crippen LogP contribution in [-0.2, 0) is 19.6 Å². The van der Waals surface area contributed by atoms with Crippen molar-refractivity contribution in [1.29, 1.82) is 0 Å². The molecular weight excluding hydrogens is 382 g/mol. The number of aliphatic hydroxyl groups is 1. The van der Waals surface area contributed by atoms with Gasteiger partial charge in [-0.2, -0.15) is 10.2 Å². The van der Waals surface area contributed by atoms with Gasteiger partial charge in [-0.15, -0.1) is 11.3 Å².